The fourth-order valence-corrected chi connectivity index (χ4v) is 2.33. The molecule has 0 saturated carbocycles. The fraction of sp³-hybridized carbons (Fsp3) is 0.538. The molecule has 0 radical (unpaired) electrons. The maximum Gasteiger partial charge on any atom is 0.0494 e. The summed E-state index contributed by atoms with van der Waals surface area (Å²) >= 11 is 6.03. The van der Waals surface area contributed by atoms with Crippen molar-refractivity contribution >= 4 is 11.6 Å². The lowest BCUT2D eigenvalue weighted by Crippen LogP contribution is -2.16. The van der Waals surface area contributed by atoms with Gasteiger partial charge in [0, 0.05) is 25.5 Å². The molecule has 0 heterocycles. The molecular weight excluding hydrogens is 208 g/mol. The molecule has 15 heavy (non-hydrogen) atoms. The molecule has 84 valence electrons. The van der Waals surface area contributed by atoms with E-state index in [1.165, 1.54) is 11.1 Å². The maximum absolute atomic E-state index is 6.03. The highest BCUT2D eigenvalue weighted by molar-refractivity contribution is 6.18. The van der Waals surface area contributed by atoms with Gasteiger partial charge in [0.05, 0.1) is 0 Å². The number of aryl methyl sites for hydroxylation is 1. The Kier molecular flexibility index (Phi) is 5.13. The summed E-state index contributed by atoms with van der Waals surface area (Å²) in [6, 6.07) is 8.55. The van der Waals surface area contributed by atoms with E-state index < -0.39 is 0 Å². The molecule has 0 aliphatic heterocycles. The molecule has 2 atom stereocenters. The van der Waals surface area contributed by atoms with Crippen LogP contribution >= 0.6 is 11.6 Å². The van der Waals surface area contributed by atoms with Gasteiger partial charge in [-0.15, -0.1) is 11.6 Å². The fourth-order valence-electron chi connectivity index (χ4n) is 1.85. The predicted molar refractivity (Wildman–Crippen MR) is 65.7 cm³/mol. The summed E-state index contributed by atoms with van der Waals surface area (Å²) < 4.78 is 5.18. The predicted octanol–water partition coefficient (Wildman–Crippen LogP) is 3.60. The Balaban J connectivity index is 2.82. The van der Waals surface area contributed by atoms with Gasteiger partial charge in [-0.25, -0.2) is 0 Å². The van der Waals surface area contributed by atoms with Crippen molar-refractivity contribution < 1.29 is 4.74 Å². The molecule has 0 aliphatic carbocycles. The van der Waals surface area contributed by atoms with Crippen molar-refractivity contribution in [1.82, 2.24) is 0 Å². The second-order valence-corrected chi connectivity index (χ2v) is 4.42. The van der Waals surface area contributed by atoms with Crippen LogP contribution in [0.25, 0.3) is 0 Å². The van der Waals surface area contributed by atoms with Crippen molar-refractivity contribution in [2.75, 3.05) is 19.6 Å². The Morgan fingerprint density at radius 2 is 2.13 bits per heavy atom. The van der Waals surface area contributed by atoms with Gasteiger partial charge in [0.25, 0.3) is 0 Å². The third kappa shape index (κ3) is 3.51. The SMILES string of the molecule is COCC(C)C(CCl)c1cccc(C)c1. The number of methoxy groups -OCH3 is 1. The molecule has 1 nitrogen and oxygen atoms in total. The minimum atomic E-state index is 0.381. The highest BCUT2D eigenvalue weighted by Crippen LogP contribution is 2.26. The molecule has 2 heteroatoms. The first-order valence-electron chi connectivity index (χ1n) is 5.30. The Bertz CT molecular complexity index is 298. The van der Waals surface area contributed by atoms with E-state index in [2.05, 4.69) is 38.1 Å². The lowest BCUT2D eigenvalue weighted by molar-refractivity contribution is 0.150. The lowest BCUT2D eigenvalue weighted by Gasteiger charge is -2.21. The summed E-state index contributed by atoms with van der Waals surface area (Å²) in [4.78, 5) is 0. The van der Waals surface area contributed by atoms with Crippen LogP contribution in [-0.2, 0) is 4.74 Å². The van der Waals surface area contributed by atoms with Crippen molar-refractivity contribution in [3.05, 3.63) is 35.4 Å². The molecule has 0 aromatic heterocycles. The smallest absolute Gasteiger partial charge is 0.0494 e. The van der Waals surface area contributed by atoms with E-state index in [0.29, 0.717) is 17.7 Å². The van der Waals surface area contributed by atoms with Crippen molar-refractivity contribution in [3.8, 4) is 0 Å². The van der Waals surface area contributed by atoms with Crippen LogP contribution in [0.5, 0.6) is 0 Å². The van der Waals surface area contributed by atoms with Crippen LogP contribution in [0.1, 0.15) is 24.0 Å². The Morgan fingerprint density at radius 3 is 2.67 bits per heavy atom. The number of hydrogen-bond acceptors (Lipinski definition) is 1. The molecule has 1 aromatic rings. The number of halogens is 1. The summed E-state index contributed by atoms with van der Waals surface area (Å²) in [6.45, 7) is 5.04. The molecule has 1 aromatic carbocycles. The Labute approximate surface area is 97.4 Å². The molecule has 0 bridgehead atoms. The summed E-state index contributed by atoms with van der Waals surface area (Å²) in [5, 5.41) is 0. The number of rotatable bonds is 5. The van der Waals surface area contributed by atoms with Gasteiger partial charge < -0.3 is 4.74 Å². The summed E-state index contributed by atoms with van der Waals surface area (Å²) in [7, 11) is 1.73. The van der Waals surface area contributed by atoms with Crippen molar-refractivity contribution in [3.63, 3.8) is 0 Å². The molecule has 0 saturated heterocycles. The van der Waals surface area contributed by atoms with Crippen LogP contribution in [0, 0.1) is 12.8 Å². The number of alkyl halides is 1. The summed E-state index contributed by atoms with van der Waals surface area (Å²) in [5.74, 6) is 1.48. The summed E-state index contributed by atoms with van der Waals surface area (Å²) in [6.07, 6.45) is 0. The molecule has 0 fully saturated rings. The second-order valence-electron chi connectivity index (χ2n) is 4.11. The number of benzene rings is 1. The van der Waals surface area contributed by atoms with E-state index in [9.17, 15) is 0 Å². The molecular formula is C13H19ClO. The molecule has 0 amide bonds. The Hall–Kier alpha value is -0.530. The average molecular weight is 227 g/mol. The van der Waals surface area contributed by atoms with E-state index in [-0.39, 0.29) is 0 Å². The third-order valence-corrected chi connectivity index (χ3v) is 3.09. The standard InChI is InChI=1S/C13H19ClO/c1-10-5-4-6-12(7-10)13(8-14)11(2)9-15-3/h4-7,11,13H,8-9H2,1-3H3. The van der Waals surface area contributed by atoms with Crippen LogP contribution in [0.15, 0.2) is 24.3 Å². The van der Waals surface area contributed by atoms with Gasteiger partial charge in [-0.05, 0) is 18.4 Å². The monoisotopic (exact) mass is 226 g/mol. The van der Waals surface area contributed by atoms with Crippen molar-refractivity contribution in [2.45, 2.75) is 19.8 Å². The highest BCUT2D eigenvalue weighted by Gasteiger charge is 2.18. The quantitative estimate of drug-likeness (QED) is 0.698. The van der Waals surface area contributed by atoms with Crippen LogP contribution in [0.2, 0.25) is 0 Å². The molecule has 0 aliphatic rings. The largest absolute Gasteiger partial charge is 0.384 e. The topological polar surface area (TPSA) is 9.23 Å². The normalized spacial score (nSPS) is 14.9. The van der Waals surface area contributed by atoms with E-state index in [1.54, 1.807) is 7.11 Å². The van der Waals surface area contributed by atoms with Crippen LogP contribution in [0.4, 0.5) is 0 Å². The van der Waals surface area contributed by atoms with Gasteiger partial charge >= 0.3 is 0 Å². The van der Waals surface area contributed by atoms with Gasteiger partial charge in [-0.1, -0.05) is 36.8 Å². The maximum atomic E-state index is 6.03. The van der Waals surface area contributed by atoms with Gasteiger partial charge in [-0.2, -0.15) is 0 Å². The van der Waals surface area contributed by atoms with Gasteiger partial charge in [-0.3, -0.25) is 0 Å². The zero-order valence-corrected chi connectivity index (χ0v) is 10.4. The first-order chi connectivity index (χ1) is 7.19. The first-order valence-corrected chi connectivity index (χ1v) is 5.84. The lowest BCUT2D eigenvalue weighted by atomic mass is 9.88. The van der Waals surface area contributed by atoms with Crippen LogP contribution in [-0.4, -0.2) is 19.6 Å². The van der Waals surface area contributed by atoms with E-state index in [1.807, 2.05) is 0 Å². The molecule has 0 N–H and O–H groups in total. The molecule has 0 spiro atoms. The van der Waals surface area contributed by atoms with E-state index >= 15 is 0 Å². The van der Waals surface area contributed by atoms with Gasteiger partial charge in [0.15, 0.2) is 0 Å². The first kappa shape index (κ1) is 12.5. The minimum Gasteiger partial charge on any atom is -0.384 e. The zero-order valence-electron chi connectivity index (χ0n) is 9.66. The van der Waals surface area contributed by atoms with Crippen molar-refractivity contribution in [2.24, 2.45) is 5.92 Å². The second kappa shape index (κ2) is 6.14. The zero-order chi connectivity index (χ0) is 11.3. The molecule has 1 rings (SSSR count). The van der Waals surface area contributed by atoms with E-state index in [4.69, 9.17) is 16.3 Å². The summed E-state index contributed by atoms with van der Waals surface area (Å²) in [5.41, 5.74) is 2.60. The Morgan fingerprint density at radius 1 is 1.40 bits per heavy atom. The van der Waals surface area contributed by atoms with Gasteiger partial charge in [0.2, 0.25) is 0 Å². The number of ether oxygens (including phenoxy) is 1. The third-order valence-electron chi connectivity index (χ3n) is 2.75. The van der Waals surface area contributed by atoms with Gasteiger partial charge in [0.1, 0.15) is 0 Å². The van der Waals surface area contributed by atoms with Crippen LogP contribution in [0.3, 0.4) is 0 Å². The van der Waals surface area contributed by atoms with Crippen molar-refractivity contribution in [1.29, 1.82) is 0 Å². The van der Waals surface area contributed by atoms with Crippen LogP contribution < -0.4 is 0 Å². The molecule has 2 unspecified atom stereocenters. The number of hydrogen-bond donors (Lipinski definition) is 0. The highest BCUT2D eigenvalue weighted by atomic mass is 35.5. The average Bonchev–Trinajstić information content (AvgIpc) is 2.19. The van der Waals surface area contributed by atoms with E-state index in [0.717, 1.165) is 6.61 Å². The minimum absolute atomic E-state index is 0.381.